The Morgan fingerprint density at radius 2 is 1.84 bits per heavy atom. The van der Waals surface area contributed by atoms with Crippen LogP contribution in [0.5, 0.6) is 0 Å². The second-order valence-electron chi connectivity index (χ2n) is 7.64. The number of nitrogens with one attached hydrogen (secondary N) is 1. The highest BCUT2D eigenvalue weighted by Crippen LogP contribution is 2.24. The number of allylic oxidation sites excluding steroid dienone is 2. The van der Waals surface area contributed by atoms with E-state index >= 15 is 0 Å². The molecule has 0 fully saturated rings. The molecule has 0 saturated carbocycles. The first-order valence-corrected chi connectivity index (χ1v) is 10.5. The Morgan fingerprint density at radius 3 is 2.42 bits per heavy atom. The van der Waals surface area contributed by atoms with Gasteiger partial charge in [0.15, 0.2) is 0 Å². The molecule has 0 bridgehead atoms. The van der Waals surface area contributed by atoms with Crippen molar-refractivity contribution in [1.29, 1.82) is 0 Å². The molecule has 31 heavy (non-hydrogen) atoms. The third-order valence-electron chi connectivity index (χ3n) is 5.28. The molecular formula is C23H33FN2O5. The molecule has 172 valence electrons. The summed E-state index contributed by atoms with van der Waals surface area (Å²) in [5.74, 6) is 0.468. The Kier molecular flexibility index (Phi) is 12.6. The summed E-state index contributed by atoms with van der Waals surface area (Å²) in [6.45, 7) is 3.13. The van der Waals surface area contributed by atoms with Gasteiger partial charge in [0, 0.05) is 18.2 Å². The maximum Gasteiger partial charge on any atom is 0.407 e. The highest BCUT2D eigenvalue weighted by atomic mass is 19.1. The molecule has 0 radical (unpaired) electrons. The van der Waals surface area contributed by atoms with E-state index in [1.807, 2.05) is 0 Å². The molecule has 7 nitrogen and oxygen atoms in total. The number of carbonyl (C=O) groups excluding carboxylic acids is 2. The van der Waals surface area contributed by atoms with Crippen molar-refractivity contribution in [2.45, 2.75) is 64.6 Å². The fraction of sp³-hybridized carbons (Fsp3) is 0.522. The van der Waals surface area contributed by atoms with Crippen LogP contribution in [-0.2, 0) is 27.4 Å². The zero-order valence-corrected chi connectivity index (χ0v) is 18.3. The van der Waals surface area contributed by atoms with Gasteiger partial charge < -0.3 is 15.2 Å². The van der Waals surface area contributed by atoms with E-state index in [1.165, 1.54) is 37.3 Å². The maximum atomic E-state index is 13.1. The summed E-state index contributed by atoms with van der Waals surface area (Å²) in [6, 6.07) is 5.09. The molecule has 2 atom stereocenters. The zero-order chi connectivity index (χ0) is 23.1. The summed E-state index contributed by atoms with van der Waals surface area (Å²) in [5, 5.41) is 11.6. The van der Waals surface area contributed by atoms with Crippen molar-refractivity contribution in [1.82, 2.24) is 10.2 Å². The molecule has 1 aliphatic carbocycles. The van der Waals surface area contributed by atoms with E-state index in [0.29, 0.717) is 24.6 Å². The molecule has 1 aromatic carbocycles. The smallest absolute Gasteiger partial charge is 0.407 e. The number of hydrogen-bond acceptors (Lipinski definition) is 4. The average Bonchev–Trinajstić information content (AvgIpc) is 3.21. The first-order chi connectivity index (χ1) is 14.9. The number of carbonyl (C=O) groups is 3. The van der Waals surface area contributed by atoms with Crippen LogP contribution in [0.3, 0.4) is 0 Å². The maximum absolute atomic E-state index is 13.1. The number of amides is 2. The third-order valence-corrected chi connectivity index (χ3v) is 5.28. The number of benzene rings is 1. The van der Waals surface area contributed by atoms with Crippen LogP contribution in [-0.4, -0.2) is 42.1 Å². The molecule has 2 N–H and O–H groups in total. The first-order valence-electron chi connectivity index (χ1n) is 10.5. The predicted octanol–water partition coefficient (Wildman–Crippen LogP) is 4.26. The molecule has 8 heteroatoms. The minimum Gasteiger partial charge on any atom is -0.471 e. The number of fused-ring (bicyclic) bond motifs is 1. The minimum atomic E-state index is -1.00. The molecule has 0 saturated heterocycles. The summed E-state index contributed by atoms with van der Waals surface area (Å²) >= 11 is 0. The lowest BCUT2D eigenvalue weighted by Crippen LogP contribution is -2.28. The quantitative estimate of drug-likeness (QED) is 0.545. The van der Waals surface area contributed by atoms with Gasteiger partial charge in [-0.05, 0) is 56.1 Å². The van der Waals surface area contributed by atoms with E-state index in [4.69, 9.17) is 9.90 Å². The Bertz CT molecular complexity index is 726. The summed E-state index contributed by atoms with van der Waals surface area (Å²) in [5.41, 5.74) is 1.27. The van der Waals surface area contributed by atoms with Crippen LogP contribution < -0.4 is 5.32 Å². The van der Waals surface area contributed by atoms with Crippen molar-refractivity contribution in [2.24, 2.45) is 5.92 Å². The first kappa shape index (κ1) is 26.1. The van der Waals surface area contributed by atoms with Crippen molar-refractivity contribution < 1.29 is 28.6 Å². The van der Waals surface area contributed by atoms with Crippen molar-refractivity contribution in [3.63, 3.8) is 0 Å². The molecular weight excluding hydrogens is 403 g/mol. The van der Waals surface area contributed by atoms with E-state index in [-0.39, 0.29) is 12.4 Å². The second-order valence-corrected chi connectivity index (χ2v) is 7.64. The number of nitrogens with zero attached hydrogens (tertiary/aromatic N) is 1. The van der Waals surface area contributed by atoms with Gasteiger partial charge in [-0.1, -0.05) is 31.2 Å². The number of carboxylic acid groups (broad SMARTS) is 1. The van der Waals surface area contributed by atoms with Gasteiger partial charge >= 0.3 is 6.09 Å². The molecule has 2 unspecified atom stereocenters. The summed E-state index contributed by atoms with van der Waals surface area (Å²) in [4.78, 5) is 31.1. The summed E-state index contributed by atoms with van der Waals surface area (Å²) in [6.07, 6.45) is 11.4. The van der Waals surface area contributed by atoms with Crippen molar-refractivity contribution in [3.05, 3.63) is 47.3 Å². The fourth-order valence-corrected chi connectivity index (χ4v) is 3.47. The predicted molar refractivity (Wildman–Crippen MR) is 116 cm³/mol. The molecule has 1 aliphatic heterocycles. The van der Waals surface area contributed by atoms with Gasteiger partial charge in [0.1, 0.15) is 5.82 Å². The number of methoxy groups -OCH3 is 1. The van der Waals surface area contributed by atoms with Crippen molar-refractivity contribution in [2.75, 3.05) is 7.11 Å². The lowest BCUT2D eigenvalue weighted by Gasteiger charge is -2.18. The average molecular weight is 437 g/mol. The SMILES string of the molecule is CC1CC/C=C/CCC(NC=O)CC1.COC=O.O=C(O)N1Cc2cccc(F)c2C1. The molecule has 0 aromatic heterocycles. The molecule has 2 aliphatic rings. The van der Waals surface area contributed by atoms with Crippen molar-refractivity contribution in [3.8, 4) is 0 Å². The van der Waals surface area contributed by atoms with E-state index in [9.17, 15) is 14.0 Å². The van der Waals surface area contributed by atoms with Gasteiger partial charge in [0.2, 0.25) is 6.41 Å². The van der Waals surface area contributed by atoms with Crippen LogP contribution in [0.2, 0.25) is 0 Å². The van der Waals surface area contributed by atoms with E-state index in [1.54, 1.807) is 12.1 Å². The molecule has 3 rings (SSSR count). The Labute approximate surface area is 183 Å². The fourth-order valence-electron chi connectivity index (χ4n) is 3.47. The molecule has 2 amide bonds. The van der Waals surface area contributed by atoms with Gasteiger partial charge in [-0.2, -0.15) is 0 Å². The highest BCUT2D eigenvalue weighted by molar-refractivity contribution is 5.66. The summed E-state index contributed by atoms with van der Waals surface area (Å²) < 4.78 is 17.0. The van der Waals surface area contributed by atoms with Crippen LogP contribution in [0.25, 0.3) is 0 Å². The highest BCUT2D eigenvalue weighted by Gasteiger charge is 2.24. The van der Waals surface area contributed by atoms with Crippen LogP contribution in [0.4, 0.5) is 9.18 Å². The number of hydrogen-bond donors (Lipinski definition) is 2. The zero-order valence-electron chi connectivity index (χ0n) is 18.3. The lowest BCUT2D eigenvalue weighted by molar-refractivity contribution is -0.126. The van der Waals surface area contributed by atoms with E-state index in [0.717, 1.165) is 37.2 Å². The van der Waals surface area contributed by atoms with Gasteiger partial charge in [-0.25, -0.2) is 9.18 Å². The monoisotopic (exact) mass is 436 g/mol. The molecule has 0 spiro atoms. The van der Waals surface area contributed by atoms with Gasteiger partial charge in [0.25, 0.3) is 6.47 Å². The van der Waals surface area contributed by atoms with Gasteiger partial charge in [0.05, 0.1) is 13.7 Å². The van der Waals surface area contributed by atoms with Crippen LogP contribution in [0.15, 0.2) is 30.4 Å². The normalized spacial score (nSPS) is 21.1. The van der Waals surface area contributed by atoms with Crippen LogP contribution >= 0.6 is 0 Å². The van der Waals surface area contributed by atoms with E-state index < -0.39 is 6.09 Å². The van der Waals surface area contributed by atoms with Crippen LogP contribution in [0.1, 0.15) is 56.6 Å². The standard InChI is InChI=1S/C12H21NO.C9H8FNO2.C2H4O2/c1-11-6-4-2-3-5-7-12(9-8-11)13-10-14;10-8-3-1-2-6-4-11(9(12)13)5-7(6)8;1-4-2-3/h2-3,10-12H,4-9H2,1H3,(H,13,14);1-3H,4-5H2,(H,12,13);2H,1H3/b3-2+;;. The molecule has 1 heterocycles. The Balaban J connectivity index is 0.000000265. The summed E-state index contributed by atoms with van der Waals surface area (Å²) in [7, 11) is 1.31. The topological polar surface area (TPSA) is 95.9 Å². The van der Waals surface area contributed by atoms with Crippen LogP contribution in [0, 0.1) is 11.7 Å². The van der Waals surface area contributed by atoms with Gasteiger partial charge in [-0.15, -0.1) is 0 Å². The van der Waals surface area contributed by atoms with Crippen molar-refractivity contribution >= 4 is 19.0 Å². The third kappa shape index (κ3) is 10.1. The number of halogens is 1. The number of rotatable bonds is 3. The van der Waals surface area contributed by atoms with Gasteiger partial charge in [-0.3, -0.25) is 14.5 Å². The second kappa shape index (κ2) is 15.0. The molecule has 1 aromatic rings. The van der Waals surface area contributed by atoms with E-state index in [2.05, 4.69) is 29.1 Å². The lowest BCUT2D eigenvalue weighted by atomic mass is 9.94. The Morgan fingerprint density at radius 1 is 1.16 bits per heavy atom. The largest absolute Gasteiger partial charge is 0.471 e. The Hall–Kier alpha value is -2.90. The minimum absolute atomic E-state index is 0.164. The number of ether oxygens (including phenoxy) is 1.